The smallest absolute Gasteiger partial charge is 0.123 e. The molecular weight excluding hydrogens is 316 g/mol. The molecule has 0 aromatic heterocycles. The van der Waals surface area contributed by atoms with Gasteiger partial charge in [0.2, 0.25) is 0 Å². The summed E-state index contributed by atoms with van der Waals surface area (Å²) in [6, 6.07) is 13.7. The predicted molar refractivity (Wildman–Crippen MR) is 83.9 cm³/mol. The van der Waals surface area contributed by atoms with Crippen LogP contribution >= 0.6 is 15.9 Å². The van der Waals surface area contributed by atoms with Crippen LogP contribution in [0.3, 0.4) is 0 Å². The molecule has 0 aliphatic heterocycles. The molecule has 2 rings (SSSR count). The summed E-state index contributed by atoms with van der Waals surface area (Å²) >= 11 is 3.52. The molecule has 2 aromatic carbocycles. The highest BCUT2D eigenvalue weighted by Gasteiger charge is 2.05. The SMILES string of the molecule is COc1ccc(C#N)cc1CNc1ccc(C)c(Br)c1. The van der Waals surface area contributed by atoms with Crippen LogP contribution in [0.2, 0.25) is 0 Å². The molecule has 0 unspecified atom stereocenters. The Morgan fingerprint density at radius 1 is 1.25 bits per heavy atom. The first-order valence-corrected chi connectivity index (χ1v) is 7.00. The Kier molecular flexibility index (Phi) is 4.65. The fraction of sp³-hybridized carbons (Fsp3) is 0.188. The summed E-state index contributed by atoms with van der Waals surface area (Å²) in [6.45, 7) is 2.65. The molecule has 0 saturated carbocycles. The molecule has 0 bridgehead atoms. The molecule has 0 amide bonds. The highest BCUT2D eigenvalue weighted by molar-refractivity contribution is 9.10. The van der Waals surface area contributed by atoms with Gasteiger partial charge in [-0.2, -0.15) is 5.26 Å². The number of methoxy groups -OCH3 is 1. The Morgan fingerprint density at radius 2 is 2.05 bits per heavy atom. The van der Waals surface area contributed by atoms with E-state index >= 15 is 0 Å². The van der Waals surface area contributed by atoms with Gasteiger partial charge in [0.15, 0.2) is 0 Å². The normalized spacial score (nSPS) is 9.90. The summed E-state index contributed by atoms with van der Waals surface area (Å²) in [6.07, 6.45) is 0. The van der Waals surface area contributed by atoms with Crippen LogP contribution in [-0.4, -0.2) is 7.11 Å². The third-order valence-corrected chi connectivity index (χ3v) is 3.92. The lowest BCUT2D eigenvalue weighted by Crippen LogP contribution is -2.02. The van der Waals surface area contributed by atoms with Gasteiger partial charge in [-0.15, -0.1) is 0 Å². The molecule has 3 nitrogen and oxygen atoms in total. The van der Waals surface area contributed by atoms with Crippen molar-refractivity contribution in [2.45, 2.75) is 13.5 Å². The maximum Gasteiger partial charge on any atom is 0.123 e. The van der Waals surface area contributed by atoms with Crippen LogP contribution in [0, 0.1) is 18.3 Å². The number of rotatable bonds is 4. The van der Waals surface area contributed by atoms with E-state index in [-0.39, 0.29) is 0 Å². The third kappa shape index (κ3) is 3.31. The lowest BCUT2D eigenvalue weighted by molar-refractivity contribution is 0.410. The molecule has 0 saturated heterocycles. The molecule has 0 aliphatic rings. The first kappa shape index (κ1) is 14.4. The zero-order chi connectivity index (χ0) is 14.5. The molecule has 20 heavy (non-hydrogen) atoms. The van der Waals surface area contributed by atoms with Crippen molar-refractivity contribution in [1.82, 2.24) is 0 Å². The Balaban J connectivity index is 2.17. The molecule has 1 N–H and O–H groups in total. The van der Waals surface area contributed by atoms with Crippen LogP contribution in [0.4, 0.5) is 5.69 Å². The zero-order valence-corrected chi connectivity index (χ0v) is 13.0. The Bertz CT molecular complexity index is 662. The van der Waals surface area contributed by atoms with Gasteiger partial charge in [0.25, 0.3) is 0 Å². The minimum atomic E-state index is 0.605. The Labute approximate surface area is 127 Å². The maximum absolute atomic E-state index is 8.96. The molecule has 0 spiro atoms. The van der Waals surface area contributed by atoms with Crippen LogP contribution in [0.5, 0.6) is 5.75 Å². The zero-order valence-electron chi connectivity index (χ0n) is 11.4. The Morgan fingerprint density at radius 3 is 2.70 bits per heavy atom. The predicted octanol–water partition coefficient (Wildman–Crippen LogP) is 4.25. The molecular formula is C16H15BrN2O. The van der Waals surface area contributed by atoms with Gasteiger partial charge in [0.05, 0.1) is 18.7 Å². The van der Waals surface area contributed by atoms with Gasteiger partial charge in [-0.1, -0.05) is 22.0 Å². The number of benzene rings is 2. The van der Waals surface area contributed by atoms with E-state index in [9.17, 15) is 0 Å². The summed E-state index contributed by atoms with van der Waals surface area (Å²) in [7, 11) is 1.63. The number of nitriles is 1. The largest absolute Gasteiger partial charge is 0.496 e. The summed E-state index contributed by atoms with van der Waals surface area (Å²) in [5.74, 6) is 0.780. The quantitative estimate of drug-likeness (QED) is 0.911. The standard InChI is InChI=1S/C16H15BrN2O/c1-11-3-5-14(8-15(11)17)19-10-13-7-12(9-18)4-6-16(13)20-2/h3-8,19H,10H2,1-2H3. The molecule has 0 fully saturated rings. The molecule has 4 heteroatoms. The second-order valence-electron chi connectivity index (χ2n) is 4.46. The summed E-state index contributed by atoms with van der Waals surface area (Å²) < 4.78 is 6.39. The fourth-order valence-corrected chi connectivity index (χ4v) is 2.27. The average Bonchev–Trinajstić information content (AvgIpc) is 2.48. The van der Waals surface area contributed by atoms with E-state index in [2.05, 4.69) is 33.4 Å². The van der Waals surface area contributed by atoms with E-state index in [0.717, 1.165) is 21.5 Å². The number of hydrogen-bond acceptors (Lipinski definition) is 3. The summed E-state index contributed by atoms with van der Waals surface area (Å²) in [5, 5.41) is 12.3. The first-order chi connectivity index (χ1) is 9.63. The topological polar surface area (TPSA) is 45.0 Å². The van der Waals surface area contributed by atoms with Crippen molar-refractivity contribution in [3.63, 3.8) is 0 Å². The van der Waals surface area contributed by atoms with Gasteiger partial charge < -0.3 is 10.1 Å². The molecule has 102 valence electrons. The van der Waals surface area contributed by atoms with Gasteiger partial charge in [0, 0.05) is 22.3 Å². The number of nitrogens with one attached hydrogen (secondary N) is 1. The Hall–Kier alpha value is -1.99. The van der Waals surface area contributed by atoms with Gasteiger partial charge >= 0.3 is 0 Å². The van der Waals surface area contributed by atoms with Crippen molar-refractivity contribution in [3.8, 4) is 11.8 Å². The van der Waals surface area contributed by atoms with E-state index in [1.807, 2.05) is 31.2 Å². The number of anilines is 1. The molecule has 0 heterocycles. The van der Waals surface area contributed by atoms with Crippen LogP contribution in [0.1, 0.15) is 16.7 Å². The highest BCUT2D eigenvalue weighted by Crippen LogP contribution is 2.24. The van der Waals surface area contributed by atoms with Crippen LogP contribution in [0.15, 0.2) is 40.9 Å². The molecule has 0 radical (unpaired) electrons. The number of aryl methyl sites for hydroxylation is 1. The van der Waals surface area contributed by atoms with Crippen molar-refractivity contribution in [2.75, 3.05) is 12.4 Å². The van der Waals surface area contributed by atoms with E-state index in [4.69, 9.17) is 10.00 Å². The minimum absolute atomic E-state index is 0.605. The number of halogens is 1. The molecule has 2 aromatic rings. The van der Waals surface area contributed by atoms with Crippen molar-refractivity contribution in [3.05, 3.63) is 57.6 Å². The van der Waals surface area contributed by atoms with Crippen LogP contribution in [0.25, 0.3) is 0 Å². The second kappa shape index (κ2) is 6.44. The van der Waals surface area contributed by atoms with Gasteiger partial charge in [-0.25, -0.2) is 0 Å². The number of hydrogen-bond donors (Lipinski definition) is 1. The molecule has 0 aliphatic carbocycles. The maximum atomic E-state index is 8.96. The monoisotopic (exact) mass is 330 g/mol. The number of ether oxygens (including phenoxy) is 1. The first-order valence-electron chi connectivity index (χ1n) is 6.21. The van der Waals surface area contributed by atoms with Crippen molar-refractivity contribution in [1.29, 1.82) is 5.26 Å². The van der Waals surface area contributed by atoms with Gasteiger partial charge in [0.1, 0.15) is 5.75 Å². The van der Waals surface area contributed by atoms with Crippen molar-refractivity contribution in [2.24, 2.45) is 0 Å². The van der Waals surface area contributed by atoms with Gasteiger partial charge in [-0.05, 0) is 42.8 Å². The van der Waals surface area contributed by atoms with E-state index < -0.39 is 0 Å². The van der Waals surface area contributed by atoms with E-state index in [1.165, 1.54) is 5.56 Å². The van der Waals surface area contributed by atoms with E-state index in [1.54, 1.807) is 13.2 Å². The summed E-state index contributed by atoms with van der Waals surface area (Å²) in [5.41, 5.74) is 3.81. The summed E-state index contributed by atoms with van der Waals surface area (Å²) in [4.78, 5) is 0. The number of nitrogens with zero attached hydrogens (tertiary/aromatic N) is 1. The van der Waals surface area contributed by atoms with Crippen LogP contribution in [-0.2, 0) is 6.54 Å². The third-order valence-electron chi connectivity index (χ3n) is 3.06. The van der Waals surface area contributed by atoms with Crippen LogP contribution < -0.4 is 10.1 Å². The fourth-order valence-electron chi connectivity index (χ4n) is 1.89. The lowest BCUT2D eigenvalue weighted by atomic mass is 10.1. The molecule has 0 atom stereocenters. The van der Waals surface area contributed by atoms with Crippen molar-refractivity contribution < 1.29 is 4.74 Å². The minimum Gasteiger partial charge on any atom is -0.496 e. The van der Waals surface area contributed by atoms with Gasteiger partial charge in [-0.3, -0.25) is 0 Å². The lowest BCUT2D eigenvalue weighted by Gasteiger charge is -2.11. The van der Waals surface area contributed by atoms with E-state index in [0.29, 0.717) is 12.1 Å². The van der Waals surface area contributed by atoms with Crippen molar-refractivity contribution >= 4 is 21.6 Å². The second-order valence-corrected chi connectivity index (χ2v) is 5.31. The average molecular weight is 331 g/mol. The highest BCUT2D eigenvalue weighted by atomic mass is 79.9.